The molecular formula is C27H40N2O5. The van der Waals surface area contributed by atoms with E-state index in [1.54, 1.807) is 19.1 Å². The summed E-state index contributed by atoms with van der Waals surface area (Å²) in [5.41, 5.74) is 3.24. The number of carboxylic acid groups (broad SMARTS) is 1. The number of ether oxygens (including phenoxy) is 2. The van der Waals surface area contributed by atoms with Crippen molar-refractivity contribution in [3.8, 4) is 0 Å². The van der Waals surface area contributed by atoms with Crippen molar-refractivity contribution in [2.24, 2.45) is 0 Å². The van der Waals surface area contributed by atoms with E-state index >= 15 is 0 Å². The van der Waals surface area contributed by atoms with Gasteiger partial charge < -0.3 is 19.5 Å². The highest BCUT2D eigenvalue weighted by Crippen LogP contribution is 2.15. The Morgan fingerprint density at radius 2 is 2.03 bits per heavy atom. The van der Waals surface area contributed by atoms with Gasteiger partial charge in [-0.15, -0.1) is 0 Å². The number of allylic oxidation sites excluding steroid dienone is 2. The number of amides is 1. The summed E-state index contributed by atoms with van der Waals surface area (Å²) in [5.74, 6) is -0.134. The van der Waals surface area contributed by atoms with E-state index in [0.717, 1.165) is 56.6 Å². The van der Waals surface area contributed by atoms with E-state index in [2.05, 4.69) is 24.5 Å². The molecule has 1 amide bonds. The molecule has 1 fully saturated rings. The van der Waals surface area contributed by atoms with Crippen LogP contribution in [0.25, 0.3) is 0 Å². The van der Waals surface area contributed by atoms with Crippen LogP contribution in [0.4, 0.5) is 0 Å². The fourth-order valence-corrected chi connectivity index (χ4v) is 4.10. The first kappa shape index (κ1) is 27.6. The number of carboxylic acids is 1. The molecule has 7 nitrogen and oxygen atoms in total. The van der Waals surface area contributed by atoms with Gasteiger partial charge in [-0.1, -0.05) is 30.4 Å². The standard InChI is InChI=1S/C27H40N2O5/c1-5-34-23(4)10-8-9-21(2)18-28-13-6-7-14-29(26(30)20-33-16-15-28)19-24-11-12-25(27(31)32)22(3)17-24/h9,11-12,17H,4-8,10,13-16,18-20H2,1-3H3,(H,31,32)/b21-9+. The zero-order valence-electron chi connectivity index (χ0n) is 21.0. The second kappa shape index (κ2) is 14.6. The number of benzene rings is 1. The van der Waals surface area contributed by atoms with Crippen LogP contribution < -0.4 is 0 Å². The summed E-state index contributed by atoms with van der Waals surface area (Å²) in [4.78, 5) is 28.2. The van der Waals surface area contributed by atoms with Gasteiger partial charge in [0.05, 0.1) is 24.5 Å². The smallest absolute Gasteiger partial charge is 0.335 e. The van der Waals surface area contributed by atoms with Crippen LogP contribution in [0.1, 0.15) is 61.0 Å². The van der Waals surface area contributed by atoms with Crippen LogP contribution >= 0.6 is 0 Å². The normalized spacial score (nSPS) is 16.7. The molecule has 1 N–H and O–H groups in total. The molecule has 1 aliphatic heterocycles. The summed E-state index contributed by atoms with van der Waals surface area (Å²) in [5, 5.41) is 9.24. The largest absolute Gasteiger partial charge is 0.499 e. The number of carbonyl (C=O) groups excluding carboxylic acids is 1. The highest BCUT2D eigenvalue weighted by atomic mass is 16.5. The lowest BCUT2D eigenvalue weighted by Gasteiger charge is -2.23. The molecule has 0 aromatic heterocycles. The molecule has 0 saturated carbocycles. The SMILES string of the molecule is C=C(CC/C=C(\C)CN1CCCCN(Cc2ccc(C(=O)O)c(C)c2)C(=O)COCC1)OCC. The molecule has 7 heteroatoms. The third-order valence-corrected chi connectivity index (χ3v) is 5.91. The number of aromatic carboxylic acids is 1. The molecule has 0 atom stereocenters. The summed E-state index contributed by atoms with van der Waals surface area (Å²) >= 11 is 0. The van der Waals surface area contributed by atoms with Gasteiger partial charge in [0.2, 0.25) is 5.91 Å². The van der Waals surface area contributed by atoms with Crippen molar-refractivity contribution in [2.75, 3.05) is 46.0 Å². The second-order valence-electron chi connectivity index (χ2n) is 8.87. The number of nitrogens with zero attached hydrogens (tertiary/aromatic N) is 2. The first-order valence-corrected chi connectivity index (χ1v) is 12.2. The van der Waals surface area contributed by atoms with Gasteiger partial charge in [0.15, 0.2) is 0 Å². The van der Waals surface area contributed by atoms with Crippen molar-refractivity contribution >= 4 is 11.9 Å². The molecule has 1 aliphatic rings. The third kappa shape index (κ3) is 9.69. The average Bonchev–Trinajstić information content (AvgIpc) is 2.81. The summed E-state index contributed by atoms with van der Waals surface area (Å²) in [6.45, 7) is 14.8. The summed E-state index contributed by atoms with van der Waals surface area (Å²) in [7, 11) is 0. The van der Waals surface area contributed by atoms with Gasteiger partial charge in [-0.25, -0.2) is 4.79 Å². The Kier molecular flexibility index (Phi) is 11.8. The van der Waals surface area contributed by atoms with E-state index in [1.807, 2.05) is 17.9 Å². The summed E-state index contributed by atoms with van der Waals surface area (Å²) in [6, 6.07) is 5.25. The van der Waals surface area contributed by atoms with Crippen molar-refractivity contribution in [1.29, 1.82) is 0 Å². The quantitative estimate of drug-likeness (QED) is 0.401. The van der Waals surface area contributed by atoms with E-state index in [-0.39, 0.29) is 12.5 Å². The molecular weight excluding hydrogens is 432 g/mol. The average molecular weight is 473 g/mol. The molecule has 0 unspecified atom stereocenters. The maximum atomic E-state index is 12.8. The fourth-order valence-electron chi connectivity index (χ4n) is 4.10. The summed E-state index contributed by atoms with van der Waals surface area (Å²) in [6.07, 6.45) is 5.91. The van der Waals surface area contributed by atoms with Crippen LogP contribution in [-0.4, -0.2) is 72.8 Å². The maximum Gasteiger partial charge on any atom is 0.335 e. The number of hydrogen-bond acceptors (Lipinski definition) is 5. The van der Waals surface area contributed by atoms with Gasteiger partial charge in [0.1, 0.15) is 6.61 Å². The molecule has 34 heavy (non-hydrogen) atoms. The molecule has 188 valence electrons. The van der Waals surface area contributed by atoms with Crippen LogP contribution in [0.2, 0.25) is 0 Å². The highest BCUT2D eigenvalue weighted by Gasteiger charge is 2.17. The van der Waals surface area contributed by atoms with Crippen molar-refractivity contribution < 1.29 is 24.2 Å². The zero-order chi connectivity index (χ0) is 24.9. The van der Waals surface area contributed by atoms with Crippen LogP contribution in [0.15, 0.2) is 42.2 Å². The van der Waals surface area contributed by atoms with E-state index in [0.29, 0.717) is 37.4 Å². The van der Waals surface area contributed by atoms with Gasteiger partial charge in [0.25, 0.3) is 0 Å². The lowest BCUT2D eigenvalue weighted by atomic mass is 10.0. The van der Waals surface area contributed by atoms with Gasteiger partial charge in [-0.2, -0.15) is 0 Å². The molecule has 1 aromatic rings. The Labute approximate surface area is 204 Å². The van der Waals surface area contributed by atoms with Gasteiger partial charge in [0, 0.05) is 32.6 Å². The maximum absolute atomic E-state index is 12.8. The number of carbonyl (C=O) groups is 2. The van der Waals surface area contributed by atoms with Crippen LogP contribution in [0, 0.1) is 6.92 Å². The molecule has 1 aromatic carbocycles. The van der Waals surface area contributed by atoms with Crippen LogP contribution in [0.3, 0.4) is 0 Å². The van der Waals surface area contributed by atoms with E-state index < -0.39 is 5.97 Å². The number of aryl methyl sites for hydroxylation is 1. The van der Waals surface area contributed by atoms with Crippen molar-refractivity contribution in [3.63, 3.8) is 0 Å². The predicted octanol–water partition coefficient (Wildman–Crippen LogP) is 4.41. The van der Waals surface area contributed by atoms with Gasteiger partial charge >= 0.3 is 5.97 Å². The third-order valence-electron chi connectivity index (χ3n) is 5.91. The molecule has 2 rings (SSSR count). The second-order valence-corrected chi connectivity index (χ2v) is 8.87. The van der Waals surface area contributed by atoms with E-state index in [1.165, 1.54) is 5.57 Å². The monoisotopic (exact) mass is 472 g/mol. The van der Waals surface area contributed by atoms with Crippen molar-refractivity contribution in [1.82, 2.24) is 9.80 Å². The lowest BCUT2D eigenvalue weighted by molar-refractivity contribution is -0.136. The Balaban J connectivity index is 1.89. The van der Waals surface area contributed by atoms with E-state index in [4.69, 9.17) is 9.47 Å². The molecule has 1 saturated heterocycles. The summed E-state index contributed by atoms with van der Waals surface area (Å²) < 4.78 is 11.1. The fraction of sp³-hybridized carbons (Fsp3) is 0.556. The molecule has 1 heterocycles. The van der Waals surface area contributed by atoms with E-state index in [9.17, 15) is 14.7 Å². The minimum Gasteiger partial charge on any atom is -0.499 e. The Hall–Kier alpha value is -2.64. The molecule has 0 radical (unpaired) electrons. The van der Waals surface area contributed by atoms with Gasteiger partial charge in [-0.05, 0) is 63.8 Å². The molecule has 0 spiro atoms. The minimum atomic E-state index is -0.936. The molecule has 0 aliphatic carbocycles. The lowest BCUT2D eigenvalue weighted by Crippen LogP contribution is -2.34. The zero-order valence-corrected chi connectivity index (χ0v) is 21.0. The number of rotatable bonds is 10. The highest BCUT2D eigenvalue weighted by molar-refractivity contribution is 5.89. The Morgan fingerprint density at radius 3 is 2.74 bits per heavy atom. The predicted molar refractivity (Wildman–Crippen MR) is 134 cm³/mol. The number of hydrogen-bond donors (Lipinski definition) is 1. The van der Waals surface area contributed by atoms with Crippen molar-refractivity contribution in [3.05, 3.63) is 58.9 Å². The first-order chi connectivity index (χ1) is 16.3. The minimum absolute atomic E-state index is 0.0287. The van der Waals surface area contributed by atoms with Crippen molar-refractivity contribution in [2.45, 2.75) is 53.0 Å². The Bertz CT molecular complexity index is 865. The topological polar surface area (TPSA) is 79.3 Å². The van der Waals surface area contributed by atoms with Gasteiger partial charge in [-0.3, -0.25) is 9.69 Å². The first-order valence-electron chi connectivity index (χ1n) is 12.2. The van der Waals surface area contributed by atoms with Crippen LogP contribution in [-0.2, 0) is 20.8 Å². The Morgan fingerprint density at radius 1 is 1.26 bits per heavy atom. The van der Waals surface area contributed by atoms with Crippen LogP contribution in [0.5, 0.6) is 0 Å². The molecule has 0 bridgehead atoms.